The van der Waals surface area contributed by atoms with Gasteiger partial charge in [-0.1, -0.05) is 43.5 Å². The second kappa shape index (κ2) is 11.9. The van der Waals surface area contributed by atoms with Crippen LogP contribution in [0.3, 0.4) is 0 Å². The van der Waals surface area contributed by atoms with E-state index in [1.54, 1.807) is 72.8 Å². The van der Waals surface area contributed by atoms with Gasteiger partial charge in [0, 0.05) is 5.02 Å². The highest BCUT2D eigenvalue weighted by atomic mass is 35.5. The Morgan fingerprint density at radius 2 is 1.34 bits per heavy atom. The average molecular weight is 453 g/mol. The molecule has 3 rings (SSSR count). The van der Waals surface area contributed by atoms with Crippen LogP contribution in [0.25, 0.3) is 0 Å². The molecule has 5 nitrogen and oxygen atoms in total. The zero-order chi connectivity index (χ0) is 22.8. The molecule has 0 N–H and O–H groups in total. The van der Waals surface area contributed by atoms with E-state index in [0.29, 0.717) is 28.5 Å². The second-order valence-corrected chi connectivity index (χ2v) is 7.63. The van der Waals surface area contributed by atoms with Gasteiger partial charge in [0.25, 0.3) is 0 Å². The third kappa shape index (κ3) is 7.13. The van der Waals surface area contributed by atoms with E-state index in [9.17, 15) is 9.59 Å². The van der Waals surface area contributed by atoms with Crippen molar-refractivity contribution in [1.82, 2.24) is 0 Å². The number of rotatable bonds is 10. The summed E-state index contributed by atoms with van der Waals surface area (Å²) in [6, 6.07) is 20.1. The van der Waals surface area contributed by atoms with Gasteiger partial charge in [0.05, 0.1) is 17.7 Å². The van der Waals surface area contributed by atoms with Crippen LogP contribution in [0.4, 0.5) is 0 Å². The lowest BCUT2D eigenvalue weighted by atomic mass is 10.2. The maximum absolute atomic E-state index is 12.4. The number of unbranched alkanes of at least 4 members (excludes halogenated alkanes) is 2. The van der Waals surface area contributed by atoms with Crippen LogP contribution in [0.15, 0.2) is 72.8 Å². The van der Waals surface area contributed by atoms with Crippen LogP contribution in [-0.2, 0) is 11.3 Å². The van der Waals surface area contributed by atoms with Crippen molar-refractivity contribution < 1.29 is 23.8 Å². The third-order valence-electron chi connectivity index (χ3n) is 4.69. The van der Waals surface area contributed by atoms with E-state index in [2.05, 4.69) is 6.92 Å². The smallest absolute Gasteiger partial charge is 0.343 e. The van der Waals surface area contributed by atoms with E-state index in [4.69, 9.17) is 25.8 Å². The van der Waals surface area contributed by atoms with Gasteiger partial charge in [-0.05, 0) is 72.6 Å². The molecule has 3 aromatic rings. The molecule has 0 bridgehead atoms. The molecular weight excluding hydrogens is 428 g/mol. The molecule has 0 saturated carbocycles. The van der Waals surface area contributed by atoms with Crippen molar-refractivity contribution in [1.29, 1.82) is 0 Å². The van der Waals surface area contributed by atoms with E-state index in [-0.39, 0.29) is 6.61 Å². The Kier molecular flexibility index (Phi) is 8.70. The zero-order valence-corrected chi connectivity index (χ0v) is 18.6. The number of benzene rings is 3. The number of hydrogen-bond donors (Lipinski definition) is 0. The fourth-order valence-corrected chi connectivity index (χ4v) is 2.99. The van der Waals surface area contributed by atoms with Gasteiger partial charge in [0.1, 0.15) is 18.1 Å². The van der Waals surface area contributed by atoms with E-state index >= 15 is 0 Å². The zero-order valence-electron chi connectivity index (χ0n) is 17.9. The number of carbonyl (C=O) groups is 2. The molecule has 0 heterocycles. The van der Waals surface area contributed by atoms with Gasteiger partial charge in [0.2, 0.25) is 0 Å². The van der Waals surface area contributed by atoms with Gasteiger partial charge >= 0.3 is 11.9 Å². The first-order valence-electron chi connectivity index (χ1n) is 10.5. The number of hydrogen-bond acceptors (Lipinski definition) is 5. The van der Waals surface area contributed by atoms with Gasteiger partial charge in [-0.25, -0.2) is 9.59 Å². The molecule has 6 heteroatoms. The molecule has 3 aromatic carbocycles. The van der Waals surface area contributed by atoms with Gasteiger partial charge in [-0.3, -0.25) is 0 Å². The van der Waals surface area contributed by atoms with Gasteiger partial charge < -0.3 is 14.2 Å². The standard InChI is InChI=1S/C26H25ClO5/c1-2-3-4-17-30-23-13-7-21(8-14-23)26(29)32-24-15-9-20(10-16-24)25(28)31-18-19-5-11-22(27)12-6-19/h5-16H,2-4,17-18H2,1H3. The van der Waals surface area contributed by atoms with Crippen molar-refractivity contribution in [2.45, 2.75) is 32.8 Å². The average Bonchev–Trinajstić information content (AvgIpc) is 2.82. The monoisotopic (exact) mass is 452 g/mol. The molecule has 32 heavy (non-hydrogen) atoms. The summed E-state index contributed by atoms with van der Waals surface area (Å²) < 4.78 is 16.3. The molecule has 0 aliphatic heterocycles. The van der Waals surface area contributed by atoms with Gasteiger partial charge in [-0.2, -0.15) is 0 Å². The summed E-state index contributed by atoms with van der Waals surface area (Å²) in [5.41, 5.74) is 1.62. The normalized spacial score (nSPS) is 10.4. The first kappa shape index (κ1) is 23.4. The van der Waals surface area contributed by atoms with E-state index in [1.807, 2.05) is 0 Å². The molecule has 0 atom stereocenters. The first-order chi connectivity index (χ1) is 15.5. The Morgan fingerprint density at radius 1 is 0.750 bits per heavy atom. The molecule has 0 aliphatic carbocycles. The first-order valence-corrected chi connectivity index (χ1v) is 10.9. The highest BCUT2D eigenvalue weighted by molar-refractivity contribution is 6.30. The summed E-state index contributed by atoms with van der Waals surface area (Å²) >= 11 is 5.85. The molecule has 166 valence electrons. The van der Waals surface area contributed by atoms with Crippen LogP contribution < -0.4 is 9.47 Å². The Bertz CT molecular complexity index is 1010. The summed E-state index contributed by atoms with van der Waals surface area (Å²) in [7, 11) is 0. The third-order valence-corrected chi connectivity index (χ3v) is 4.94. The second-order valence-electron chi connectivity index (χ2n) is 7.20. The van der Waals surface area contributed by atoms with Crippen LogP contribution in [0, 0.1) is 0 Å². The predicted octanol–water partition coefficient (Wildman–Crippen LogP) is 6.49. The maximum Gasteiger partial charge on any atom is 0.343 e. The molecule has 0 fully saturated rings. The van der Waals surface area contributed by atoms with Crippen molar-refractivity contribution in [2.24, 2.45) is 0 Å². The number of carbonyl (C=O) groups excluding carboxylic acids is 2. The molecule has 0 spiro atoms. The molecular formula is C26H25ClO5. The summed E-state index contributed by atoms with van der Waals surface area (Å²) in [6.45, 7) is 2.94. The molecule has 0 aliphatic rings. The largest absolute Gasteiger partial charge is 0.494 e. The van der Waals surface area contributed by atoms with Gasteiger partial charge in [-0.15, -0.1) is 0 Å². The Balaban J connectivity index is 1.49. The Morgan fingerprint density at radius 3 is 1.97 bits per heavy atom. The minimum Gasteiger partial charge on any atom is -0.494 e. The summed E-state index contributed by atoms with van der Waals surface area (Å²) in [4.78, 5) is 24.6. The molecule has 0 unspecified atom stereocenters. The lowest BCUT2D eigenvalue weighted by Gasteiger charge is -2.08. The van der Waals surface area contributed by atoms with Crippen LogP contribution in [0.1, 0.15) is 52.5 Å². The molecule has 0 radical (unpaired) electrons. The van der Waals surface area contributed by atoms with Crippen LogP contribution in [0.5, 0.6) is 11.5 Å². The quantitative estimate of drug-likeness (QED) is 0.200. The maximum atomic E-state index is 12.4. The van der Waals surface area contributed by atoms with Crippen LogP contribution >= 0.6 is 11.6 Å². The molecule has 0 saturated heterocycles. The fourth-order valence-electron chi connectivity index (χ4n) is 2.87. The summed E-state index contributed by atoms with van der Waals surface area (Å²) in [5, 5.41) is 0.622. The minimum atomic E-state index is -0.486. The Labute approximate surface area is 192 Å². The highest BCUT2D eigenvalue weighted by Crippen LogP contribution is 2.18. The SMILES string of the molecule is CCCCCOc1ccc(C(=O)Oc2ccc(C(=O)OCc3ccc(Cl)cc3)cc2)cc1. The van der Waals surface area contributed by atoms with Gasteiger partial charge in [0.15, 0.2) is 0 Å². The lowest BCUT2D eigenvalue weighted by molar-refractivity contribution is 0.0472. The van der Waals surface area contributed by atoms with Crippen molar-refractivity contribution in [3.05, 3.63) is 94.5 Å². The van der Waals surface area contributed by atoms with Crippen molar-refractivity contribution >= 4 is 23.5 Å². The van der Waals surface area contributed by atoms with E-state index in [0.717, 1.165) is 30.6 Å². The van der Waals surface area contributed by atoms with E-state index < -0.39 is 11.9 Å². The number of esters is 2. The van der Waals surface area contributed by atoms with Crippen molar-refractivity contribution in [3.8, 4) is 11.5 Å². The molecule has 0 aromatic heterocycles. The summed E-state index contributed by atoms with van der Waals surface area (Å²) in [6.07, 6.45) is 3.27. The van der Waals surface area contributed by atoms with Crippen molar-refractivity contribution in [3.63, 3.8) is 0 Å². The predicted molar refractivity (Wildman–Crippen MR) is 123 cm³/mol. The summed E-state index contributed by atoms with van der Waals surface area (Å²) in [5.74, 6) is 0.108. The molecule has 0 amide bonds. The highest BCUT2D eigenvalue weighted by Gasteiger charge is 2.11. The van der Waals surface area contributed by atoms with Crippen molar-refractivity contribution in [2.75, 3.05) is 6.61 Å². The fraction of sp³-hybridized carbons (Fsp3) is 0.231. The number of halogens is 1. The Hall–Kier alpha value is -3.31. The lowest BCUT2D eigenvalue weighted by Crippen LogP contribution is -2.09. The van der Waals surface area contributed by atoms with Crippen LogP contribution in [0.2, 0.25) is 5.02 Å². The van der Waals surface area contributed by atoms with Crippen LogP contribution in [-0.4, -0.2) is 18.5 Å². The van der Waals surface area contributed by atoms with E-state index in [1.165, 1.54) is 0 Å². The topological polar surface area (TPSA) is 61.8 Å². The minimum absolute atomic E-state index is 0.144. The number of ether oxygens (including phenoxy) is 3.